The van der Waals surface area contributed by atoms with Gasteiger partial charge in [-0.1, -0.05) is 53.6 Å². The van der Waals surface area contributed by atoms with Gasteiger partial charge in [0.15, 0.2) is 0 Å². The molecule has 0 aliphatic heterocycles. The highest BCUT2D eigenvalue weighted by Crippen LogP contribution is 2.19. The molecule has 0 saturated heterocycles. The van der Waals surface area contributed by atoms with Crippen molar-refractivity contribution in [3.05, 3.63) is 30.3 Å². The number of hydrogen-bond acceptors (Lipinski definition) is 6. The Morgan fingerprint density at radius 3 is 2.29 bits per heavy atom. The summed E-state index contributed by atoms with van der Waals surface area (Å²) in [4.78, 5) is 46.4. The van der Waals surface area contributed by atoms with Crippen molar-refractivity contribution in [3.8, 4) is 0 Å². The SMILES string of the molecule is CC(C)CCC(=O)NC(=O)NCCSSCC(=O)NC(=O)Nc1ccccc1. The molecule has 10 heteroatoms. The third-order valence-electron chi connectivity index (χ3n) is 3.23. The molecule has 0 fully saturated rings. The highest BCUT2D eigenvalue weighted by molar-refractivity contribution is 8.76. The van der Waals surface area contributed by atoms with Crippen LogP contribution in [0.2, 0.25) is 0 Å². The van der Waals surface area contributed by atoms with E-state index in [1.807, 2.05) is 19.9 Å². The number of benzene rings is 1. The first-order valence-corrected chi connectivity index (χ1v) is 11.3. The molecule has 0 saturated carbocycles. The Bertz CT molecular complexity index is 656. The lowest BCUT2D eigenvalue weighted by molar-refractivity contribution is -0.120. The van der Waals surface area contributed by atoms with E-state index in [9.17, 15) is 19.2 Å². The number of nitrogens with one attached hydrogen (secondary N) is 4. The molecule has 0 bridgehead atoms. The lowest BCUT2D eigenvalue weighted by Gasteiger charge is -2.08. The predicted molar refractivity (Wildman–Crippen MR) is 114 cm³/mol. The van der Waals surface area contributed by atoms with Crippen molar-refractivity contribution >= 4 is 51.2 Å². The average Bonchev–Trinajstić information content (AvgIpc) is 2.63. The topological polar surface area (TPSA) is 116 Å². The molecule has 28 heavy (non-hydrogen) atoms. The second-order valence-corrected chi connectivity index (χ2v) is 8.77. The lowest BCUT2D eigenvalue weighted by atomic mass is 10.1. The zero-order valence-electron chi connectivity index (χ0n) is 15.9. The highest BCUT2D eigenvalue weighted by Gasteiger charge is 2.09. The predicted octanol–water partition coefficient (Wildman–Crippen LogP) is 2.98. The molecule has 1 rings (SSSR count). The van der Waals surface area contributed by atoms with Crippen LogP contribution >= 0.6 is 21.6 Å². The third kappa shape index (κ3) is 12.2. The summed E-state index contributed by atoms with van der Waals surface area (Å²) >= 11 is 0. The smallest absolute Gasteiger partial charge is 0.325 e. The number of hydrogen-bond donors (Lipinski definition) is 4. The fraction of sp³-hybridized carbons (Fsp3) is 0.444. The van der Waals surface area contributed by atoms with Crippen molar-refractivity contribution in [2.24, 2.45) is 5.92 Å². The van der Waals surface area contributed by atoms with Gasteiger partial charge in [0.25, 0.3) is 0 Å². The molecule has 0 aromatic heterocycles. The Kier molecular flexibility index (Phi) is 11.8. The molecule has 1 aromatic carbocycles. The molecular weight excluding hydrogens is 400 g/mol. The second kappa shape index (κ2) is 13.9. The van der Waals surface area contributed by atoms with Crippen LogP contribution < -0.4 is 21.3 Å². The highest BCUT2D eigenvalue weighted by atomic mass is 33.1. The molecule has 6 amide bonds. The largest absolute Gasteiger partial charge is 0.337 e. The monoisotopic (exact) mass is 426 g/mol. The number of carbonyl (C=O) groups is 4. The van der Waals surface area contributed by atoms with E-state index in [0.29, 0.717) is 30.3 Å². The minimum absolute atomic E-state index is 0.104. The Labute approximate surface area is 172 Å². The van der Waals surface area contributed by atoms with Gasteiger partial charge < -0.3 is 10.6 Å². The molecular formula is C18H26N4O4S2. The summed E-state index contributed by atoms with van der Waals surface area (Å²) in [6.07, 6.45) is 1.06. The minimum Gasteiger partial charge on any atom is -0.337 e. The lowest BCUT2D eigenvalue weighted by Crippen LogP contribution is -2.40. The summed E-state index contributed by atoms with van der Waals surface area (Å²) in [6, 6.07) is 7.72. The Balaban J connectivity index is 2.04. The summed E-state index contributed by atoms with van der Waals surface area (Å²) in [6.45, 7) is 4.38. The van der Waals surface area contributed by atoms with Crippen molar-refractivity contribution in [1.82, 2.24) is 16.0 Å². The maximum absolute atomic E-state index is 11.7. The summed E-state index contributed by atoms with van der Waals surface area (Å²) < 4.78 is 0. The Morgan fingerprint density at radius 2 is 1.61 bits per heavy atom. The number of amides is 6. The first kappa shape index (κ1) is 23.8. The fourth-order valence-electron chi connectivity index (χ4n) is 1.86. The van der Waals surface area contributed by atoms with E-state index >= 15 is 0 Å². The number of carbonyl (C=O) groups excluding carboxylic acids is 4. The van der Waals surface area contributed by atoms with Gasteiger partial charge in [-0.15, -0.1) is 0 Å². The molecule has 0 spiro atoms. The summed E-state index contributed by atoms with van der Waals surface area (Å²) in [5, 5.41) is 9.65. The second-order valence-electron chi connectivity index (χ2n) is 6.19. The average molecular weight is 427 g/mol. The molecule has 8 nitrogen and oxygen atoms in total. The van der Waals surface area contributed by atoms with E-state index in [4.69, 9.17) is 0 Å². The first-order chi connectivity index (χ1) is 13.4. The van der Waals surface area contributed by atoms with Crippen molar-refractivity contribution in [2.75, 3.05) is 23.4 Å². The Morgan fingerprint density at radius 1 is 0.929 bits per heavy atom. The van der Waals surface area contributed by atoms with Gasteiger partial charge >= 0.3 is 12.1 Å². The molecule has 0 radical (unpaired) electrons. The number of rotatable bonds is 10. The Hall–Kier alpha value is -2.20. The number of para-hydroxylation sites is 1. The van der Waals surface area contributed by atoms with E-state index in [-0.39, 0.29) is 11.7 Å². The van der Waals surface area contributed by atoms with E-state index in [0.717, 1.165) is 6.42 Å². The minimum atomic E-state index is -0.581. The van der Waals surface area contributed by atoms with Gasteiger partial charge in [-0.25, -0.2) is 9.59 Å². The zero-order chi connectivity index (χ0) is 20.8. The van der Waals surface area contributed by atoms with Crippen LogP contribution in [0.15, 0.2) is 30.3 Å². The normalized spacial score (nSPS) is 10.2. The van der Waals surface area contributed by atoms with E-state index in [1.165, 1.54) is 21.6 Å². The molecule has 1 aromatic rings. The quantitative estimate of drug-likeness (QED) is 0.338. The zero-order valence-corrected chi connectivity index (χ0v) is 17.6. The molecule has 0 aliphatic rings. The van der Waals surface area contributed by atoms with Crippen molar-refractivity contribution in [2.45, 2.75) is 26.7 Å². The van der Waals surface area contributed by atoms with Crippen LogP contribution in [-0.2, 0) is 9.59 Å². The third-order valence-corrected chi connectivity index (χ3v) is 5.50. The van der Waals surface area contributed by atoms with Gasteiger partial charge in [-0.2, -0.15) is 0 Å². The van der Waals surface area contributed by atoms with Gasteiger partial charge in [-0.3, -0.25) is 20.2 Å². The van der Waals surface area contributed by atoms with Crippen LogP contribution in [0.4, 0.5) is 15.3 Å². The molecule has 0 aliphatic carbocycles. The van der Waals surface area contributed by atoms with E-state index in [1.54, 1.807) is 24.3 Å². The molecule has 4 N–H and O–H groups in total. The maximum atomic E-state index is 11.7. The van der Waals surface area contributed by atoms with Crippen LogP contribution in [0.25, 0.3) is 0 Å². The van der Waals surface area contributed by atoms with Gasteiger partial charge in [0.1, 0.15) is 0 Å². The molecule has 154 valence electrons. The van der Waals surface area contributed by atoms with Gasteiger partial charge in [0.05, 0.1) is 5.75 Å². The van der Waals surface area contributed by atoms with Crippen LogP contribution in [-0.4, -0.2) is 41.9 Å². The van der Waals surface area contributed by atoms with Gasteiger partial charge in [0, 0.05) is 24.4 Å². The molecule has 0 atom stereocenters. The standard InChI is InChI=1S/C18H26N4O4S2/c1-13(2)8-9-15(23)21-17(25)19-10-11-27-28-12-16(24)22-18(26)20-14-6-4-3-5-7-14/h3-7,13H,8-12H2,1-2H3,(H2,19,21,23,25)(H2,20,22,24,26). The fourth-order valence-corrected chi connectivity index (χ4v) is 3.60. The van der Waals surface area contributed by atoms with Gasteiger partial charge in [0.2, 0.25) is 11.8 Å². The first-order valence-electron chi connectivity index (χ1n) is 8.84. The van der Waals surface area contributed by atoms with Crippen LogP contribution in [0.3, 0.4) is 0 Å². The summed E-state index contributed by atoms with van der Waals surface area (Å²) in [7, 11) is 2.66. The summed E-state index contributed by atoms with van der Waals surface area (Å²) in [5.41, 5.74) is 0.599. The molecule has 0 heterocycles. The van der Waals surface area contributed by atoms with Gasteiger partial charge in [-0.05, 0) is 24.5 Å². The van der Waals surface area contributed by atoms with Crippen molar-refractivity contribution < 1.29 is 19.2 Å². The van der Waals surface area contributed by atoms with Crippen molar-refractivity contribution in [3.63, 3.8) is 0 Å². The maximum Gasteiger partial charge on any atom is 0.325 e. The van der Waals surface area contributed by atoms with Crippen molar-refractivity contribution in [1.29, 1.82) is 0 Å². The number of urea groups is 2. The van der Waals surface area contributed by atoms with Crippen LogP contribution in [0.5, 0.6) is 0 Å². The number of imide groups is 2. The summed E-state index contributed by atoms with van der Waals surface area (Å²) in [5.74, 6) is 0.365. The van der Waals surface area contributed by atoms with E-state index < -0.39 is 18.0 Å². The van der Waals surface area contributed by atoms with Crippen LogP contribution in [0.1, 0.15) is 26.7 Å². The van der Waals surface area contributed by atoms with Crippen LogP contribution in [0, 0.1) is 5.92 Å². The van der Waals surface area contributed by atoms with E-state index in [2.05, 4.69) is 21.3 Å². The molecule has 0 unspecified atom stereocenters. The number of anilines is 1.